The minimum Gasteiger partial charge on any atom is -0.481 e. The number of aryl methyl sites for hydroxylation is 1. The number of carboxylic acid groups (broad SMARTS) is 1. The van der Waals surface area contributed by atoms with Crippen molar-refractivity contribution in [2.45, 2.75) is 45.2 Å². The molecule has 0 spiro atoms. The fourth-order valence-electron chi connectivity index (χ4n) is 2.37. The predicted octanol–water partition coefficient (Wildman–Crippen LogP) is 1.96. The largest absolute Gasteiger partial charge is 0.481 e. The van der Waals surface area contributed by atoms with Crippen molar-refractivity contribution in [3.05, 3.63) is 12.4 Å². The first-order chi connectivity index (χ1) is 8.20. The lowest BCUT2D eigenvalue weighted by molar-refractivity contribution is -0.142. The maximum absolute atomic E-state index is 10.8. The molecule has 2 rings (SSSR count). The van der Waals surface area contributed by atoms with E-state index in [1.807, 2.05) is 6.20 Å². The fourth-order valence-corrected chi connectivity index (χ4v) is 2.37. The van der Waals surface area contributed by atoms with Crippen LogP contribution in [0.2, 0.25) is 0 Å². The zero-order valence-electron chi connectivity index (χ0n) is 10.1. The zero-order valence-corrected chi connectivity index (χ0v) is 10.1. The average molecular weight is 237 g/mol. The second-order valence-corrected chi connectivity index (χ2v) is 4.57. The van der Waals surface area contributed by atoms with Crippen LogP contribution in [-0.2, 0) is 11.3 Å². The van der Waals surface area contributed by atoms with Crippen molar-refractivity contribution in [1.29, 1.82) is 0 Å². The van der Waals surface area contributed by atoms with Gasteiger partial charge in [0.05, 0.1) is 5.92 Å². The van der Waals surface area contributed by atoms with E-state index in [0.717, 1.165) is 38.2 Å². The number of aliphatic carboxylic acids is 1. The van der Waals surface area contributed by atoms with Gasteiger partial charge in [-0.1, -0.05) is 0 Å². The molecule has 0 aromatic carbocycles. The van der Waals surface area contributed by atoms with E-state index in [0.29, 0.717) is 6.04 Å². The lowest BCUT2D eigenvalue weighted by Crippen LogP contribution is -2.30. The van der Waals surface area contributed by atoms with Crippen LogP contribution in [0.1, 0.15) is 32.6 Å². The molecular formula is C12H19N3O2. The molecule has 1 aromatic rings. The standard InChI is InChI=1S/C12H19N3O2/c1-2-15-8-7-13-12(15)14-10-5-3-9(4-6-10)11(16)17/h7-10H,2-6H2,1H3,(H,13,14)(H,16,17). The third kappa shape index (κ3) is 2.78. The topological polar surface area (TPSA) is 67.2 Å². The Morgan fingerprint density at radius 3 is 2.82 bits per heavy atom. The van der Waals surface area contributed by atoms with Crippen molar-refractivity contribution in [2.24, 2.45) is 5.92 Å². The second-order valence-electron chi connectivity index (χ2n) is 4.57. The lowest BCUT2D eigenvalue weighted by atomic mass is 9.86. The SMILES string of the molecule is CCn1ccnc1NC1CCC(C(=O)O)CC1. The normalized spacial score (nSPS) is 24.5. The van der Waals surface area contributed by atoms with Crippen molar-refractivity contribution in [1.82, 2.24) is 9.55 Å². The van der Waals surface area contributed by atoms with Crippen LogP contribution in [0.3, 0.4) is 0 Å². The van der Waals surface area contributed by atoms with Crippen LogP contribution >= 0.6 is 0 Å². The lowest BCUT2D eigenvalue weighted by Gasteiger charge is -2.27. The maximum Gasteiger partial charge on any atom is 0.306 e. The van der Waals surface area contributed by atoms with E-state index in [2.05, 4.69) is 21.8 Å². The molecule has 0 saturated heterocycles. The summed E-state index contributed by atoms with van der Waals surface area (Å²) in [7, 11) is 0. The number of imidazole rings is 1. The van der Waals surface area contributed by atoms with Crippen LogP contribution in [0, 0.1) is 5.92 Å². The van der Waals surface area contributed by atoms with Crippen molar-refractivity contribution in [3.8, 4) is 0 Å². The van der Waals surface area contributed by atoms with Crippen LogP contribution in [0.25, 0.3) is 0 Å². The van der Waals surface area contributed by atoms with Gasteiger partial charge in [0.1, 0.15) is 0 Å². The molecule has 1 saturated carbocycles. The first-order valence-corrected chi connectivity index (χ1v) is 6.21. The number of nitrogens with one attached hydrogen (secondary N) is 1. The van der Waals surface area contributed by atoms with Gasteiger partial charge in [0.2, 0.25) is 5.95 Å². The maximum atomic E-state index is 10.8. The minimum absolute atomic E-state index is 0.154. The number of hydrogen-bond donors (Lipinski definition) is 2. The highest BCUT2D eigenvalue weighted by molar-refractivity contribution is 5.70. The van der Waals surface area contributed by atoms with Crippen LogP contribution < -0.4 is 5.32 Å². The molecule has 1 heterocycles. The number of rotatable bonds is 4. The molecule has 0 radical (unpaired) electrons. The highest BCUT2D eigenvalue weighted by Crippen LogP contribution is 2.26. The van der Waals surface area contributed by atoms with Crippen LogP contribution in [0.5, 0.6) is 0 Å². The van der Waals surface area contributed by atoms with E-state index in [4.69, 9.17) is 5.11 Å². The van der Waals surface area contributed by atoms with Crippen molar-refractivity contribution >= 4 is 11.9 Å². The Morgan fingerprint density at radius 1 is 1.53 bits per heavy atom. The molecule has 1 fully saturated rings. The monoisotopic (exact) mass is 237 g/mol. The number of hydrogen-bond acceptors (Lipinski definition) is 3. The number of anilines is 1. The average Bonchev–Trinajstić information content (AvgIpc) is 2.77. The molecule has 0 atom stereocenters. The molecule has 5 heteroatoms. The van der Waals surface area contributed by atoms with Gasteiger partial charge in [0.25, 0.3) is 0 Å². The first kappa shape index (κ1) is 12.0. The summed E-state index contributed by atoms with van der Waals surface area (Å²) in [5.74, 6) is 0.0868. The third-order valence-electron chi connectivity index (χ3n) is 3.47. The molecule has 1 aliphatic rings. The Morgan fingerprint density at radius 2 is 2.24 bits per heavy atom. The van der Waals surface area contributed by atoms with E-state index in [-0.39, 0.29) is 5.92 Å². The molecule has 0 unspecified atom stereocenters. The summed E-state index contributed by atoms with van der Waals surface area (Å²) < 4.78 is 2.06. The van der Waals surface area contributed by atoms with Gasteiger partial charge in [-0.15, -0.1) is 0 Å². The summed E-state index contributed by atoms with van der Waals surface area (Å²) in [5, 5.41) is 12.3. The first-order valence-electron chi connectivity index (χ1n) is 6.21. The molecule has 94 valence electrons. The highest BCUT2D eigenvalue weighted by atomic mass is 16.4. The van der Waals surface area contributed by atoms with E-state index in [1.165, 1.54) is 0 Å². The molecule has 2 N–H and O–H groups in total. The van der Waals surface area contributed by atoms with Gasteiger partial charge in [-0.2, -0.15) is 0 Å². The highest BCUT2D eigenvalue weighted by Gasteiger charge is 2.26. The molecule has 0 amide bonds. The van der Waals surface area contributed by atoms with Crippen LogP contribution in [-0.4, -0.2) is 26.7 Å². The molecule has 1 aromatic heterocycles. The third-order valence-corrected chi connectivity index (χ3v) is 3.47. The molecule has 5 nitrogen and oxygen atoms in total. The van der Waals surface area contributed by atoms with E-state index >= 15 is 0 Å². The van der Waals surface area contributed by atoms with Gasteiger partial charge in [-0.3, -0.25) is 4.79 Å². The van der Waals surface area contributed by atoms with Crippen molar-refractivity contribution in [2.75, 3.05) is 5.32 Å². The number of nitrogens with zero attached hydrogens (tertiary/aromatic N) is 2. The molecular weight excluding hydrogens is 218 g/mol. The minimum atomic E-state index is -0.654. The summed E-state index contributed by atoms with van der Waals surface area (Å²) in [4.78, 5) is 15.1. The van der Waals surface area contributed by atoms with Crippen molar-refractivity contribution < 1.29 is 9.90 Å². The Labute approximate surface area is 101 Å². The molecule has 0 aliphatic heterocycles. The number of carboxylic acids is 1. The fraction of sp³-hybridized carbons (Fsp3) is 0.667. The number of carbonyl (C=O) groups is 1. The van der Waals surface area contributed by atoms with E-state index in [9.17, 15) is 4.79 Å². The van der Waals surface area contributed by atoms with E-state index < -0.39 is 5.97 Å². The van der Waals surface area contributed by atoms with Gasteiger partial charge in [-0.05, 0) is 32.6 Å². The van der Waals surface area contributed by atoms with Crippen LogP contribution in [0.4, 0.5) is 5.95 Å². The summed E-state index contributed by atoms with van der Waals surface area (Å²) in [5.41, 5.74) is 0. The summed E-state index contributed by atoms with van der Waals surface area (Å²) in [6, 6.07) is 0.360. The summed E-state index contributed by atoms with van der Waals surface area (Å²) >= 11 is 0. The predicted molar refractivity (Wildman–Crippen MR) is 64.9 cm³/mol. The molecule has 0 bridgehead atoms. The molecule has 1 aliphatic carbocycles. The second kappa shape index (κ2) is 5.21. The van der Waals surface area contributed by atoms with Gasteiger partial charge in [0.15, 0.2) is 0 Å². The van der Waals surface area contributed by atoms with Crippen LogP contribution in [0.15, 0.2) is 12.4 Å². The smallest absolute Gasteiger partial charge is 0.306 e. The molecule has 17 heavy (non-hydrogen) atoms. The van der Waals surface area contributed by atoms with Gasteiger partial charge >= 0.3 is 5.97 Å². The van der Waals surface area contributed by atoms with Gasteiger partial charge in [-0.25, -0.2) is 4.98 Å². The van der Waals surface area contributed by atoms with Gasteiger partial charge in [0, 0.05) is 25.0 Å². The van der Waals surface area contributed by atoms with Crippen molar-refractivity contribution in [3.63, 3.8) is 0 Å². The Balaban J connectivity index is 1.88. The quantitative estimate of drug-likeness (QED) is 0.840. The zero-order chi connectivity index (χ0) is 12.3. The van der Waals surface area contributed by atoms with E-state index in [1.54, 1.807) is 6.20 Å². The summed E-state index contributed by atoms with van der Waals surface area (Å²) in [6.45, 7) is 2.97. The Bertz CT molecular complexity index is 381. The Kier molecular flexibility index (Phi) is 3.66. The number of aromatic nitrogens is 2. The summed E-state index contributed by atoms with van der Waals surface area (Å²) in [6.07, 6.45) is 7.08. The van der Waals surface area contributed by atoms with Gasteiger partial charge < -0.3 is 15.0 Å². The Hall–Kier alpha value is -1.52.